The molecular formula is C46H52N4S2. The van der Waals surface area contributed by atoms with Crippen molar-refractivity contribution < 1.29 is 0 Å². The van der Waals surface area contributed by atoms with Gasteiger partial charge in [0.1, 0.15) is 0 Å². The third-order valence-corrected chi connectivity index (χ3v) is 12.4. The number of nitrogens with one attached hydrogen (secondary N) is 2. The van der Waals surface area contributed by atoms with Crippen LogP contribution in [-0.2, 0) is 0 Å². The van der Waals surface area contributed by atoms with Crippen LogP contribution < -0.4 is 21.3 Å². The fourth-order valence-electron chi connectivity index (χ4n) is 7.14. The average Bonchev–Trinajstić information content (AvgIpc) is 3.18. The highest BCUT2D eigenvalue weighted by Crippen LogP contribution is 2.47. The molecule has 5 aromatic rings. The second-order valence-electron chi connectivity index (χ2n) is 14.0. The lowest BCUT2D eigenvalue weighted by molar-refractivity contribution is 0.617. The fourth-order valence-corrected chi connectivity index (χ4v) is 9.44. The van der Waals surface area contributed by atoms with E-state index in [4.69, 9.17) is 9.98 Å². The molecule has 5 aromatic carbocycles. The van der Waals surface area contributed by atoms with Crippen LogP contribution in [0.1, 0.15) is 90.9 Å². The zero-order valence-electron chi connectivity index (χ0n) is 30.8. The van der Waals surface area contributed by atoms with Gasteiger partial charge in [-0.25, -0.2) is 9.98 Å². The van der Waals surface area contributed by atoms with Crippen LogP contribution in [0, 0.1) is 0 Å². The first-order valence-corrected chi connectivity index (χ1v) is 21.3. The lowest BCUT2D eigenvalue weighted by Gasteiger charge is -2.24. The molecule has 6 heteroatoms. The normalized spacial score (nSPS) is 12.5. The van der Waals surface area contributed by atoms with E-state index >= 15 is 0 Å². The van der Waals surface area contributed by atoms with Crippen LogP contribution in [0.5, 0.6) is 0 Å². The predicted octanol–water partition coefficient (Wildman–Crippen LogP) is 13.4. The van der Waals surface area contributed by atoms with Gasteiger partial charge in [-0.15, -0.1) is 0 Å². The maximum atomic E-state index is 5.44. The van der Waals surface area contributed by atoms with Crippen molar-refractivity contribution in [3.05, 3.63) is 108 Å². The van der Waals surface area contributed by atoms with Crippen molar-refractivity contribution in [2.24, 2.45) is 9.98 Å². The molecule has 0 bridgehead atoms. The summed E-state index contributed by atoms with van der Waals surface area (Å²) in [5.74, 6) is 0. The molecule has 0 spiro atoms. The summed E-state index contributed by atoms with van der Waals surface area (Å²) in [6, 6.07) is 35.1. The van der Waals surface area contributed by atoms with E-state index in [2.05, 4.69) is 122 Å². The van der Waals surface area contributed by atoms with Crippen LogP contribution in [0.25, 0.3) is 22.3 Å². The lowest BCUT2D eigenvalue weighted by atomic mass is 9.97. The topological polar surface area (TPSA) is 48.8 Å². The van der Waals surface area contributed by atoms with Crippen LogP contribution in [0.2, 0.25) is 0 Å². The van der Waals surface area contributed by atoms with E-state index in [0.29, 0.717) is 0 Å². The Morgan fingerprint density at radius 3 is 1.25 bits per heavy atom. The van der Waals surface area contributed by atoms with E-state index in [-0.39, 0.29) is 0 Å². The maximum Gasteiger partial charge on any atom is 0.0874 e. The Bertz CT molecular complexity index is 1920. The average molecular weight is 725 g/mol. The first-order valence-electron chi connectivity index (χ1n) is 19.6. The number of hydrogen-bond donors (Lipinski definition) is 2. The molecule has 0 amide bonds. The van der Waals surface area contributed by atoms with Crippen molar-refractivity contribution in [2.75, 3.05) is 23.7 Å². The minimum atomic E-state index is 1.01. The summed E-state index contributed by atoms with van der Waals surface area (Å²) in [5.41, 5.74) is 9.06. The summed E-state index contributed by atoms with van der Waals surface area (Å²) in [7, 11) is 0. The molecule has 7 rings (SSSR count). The largest absolute Gasteiger partial charge is 0.385 e. The molecule has 52 heavy (non-hydrogen) atoms. The van der Waals surface area contributed by atoms with Gasteiger partial charge in [0, 0.05) is 55.2 Å². The van der Waals surface area contributed by atoms with Gasteiger partial charge in [-0.1, -0.05) is 150 Å². The van der Waals surface area contributed by atoms with Gasteiger partial charge in [0.15, 0.2) is 0 Å². The third-order valence-electron chi connectivity index (χ3n) is 10.0. The number of unbranched alkanes of at least 4 members (excludes halogenated alkanes) is 10. The molecular weight excluding hydrogens is 673 g/mol. The predicted molar refractivity (Wildman–Crippen MR) is 224 cm³/mol. The first-order chi connectivity index (χ1) is 25.7. The second kappa shape index (κ2) is 18.2. The van der Waals surface area contributed by atoms with Gasteiger partial charge in [0.25, 0.3) is 0 Å². The van der Waals surface area contributed by atoms with Gasteiger partial charge in [-0.05, 0) is 72.5 Å². The Morgan fingerprint density at radius 1 is 0.442 bits per heavy atom. The molecule has 0 fully saturated rings. The molecule has 4 nitrogen and oxygen atoms in total. The van der Waals surface area contributed by atoms with Gasteiger partial charge in [0.05, 0.1) is 22.1 Å². The van der Waals surface area contributed by atoms with Gasteiger partial charge in [-0.2, -0.15) is 0 Å². The number of benzene rings is 5. The molecule has 0 atom stereocenters. The molecule has 0 unspecified atom stereocenters. The van der Waals surface area contributed by atoms with Crippen LogP contribution >= 0.6 is 23.5 Å². The molecule has 0 radical (unpaired) electrons. The van der Waals surface area contributed by atoms with Gasteiger partial charge >= 0.3 is 0 Å². The summed E-state index contributed by atoms with van der Waals surface area (Å²) in [4.78, 5) is 15.6. The smallest absolute Gasteiger partial charge is 0.0874 e. The minimum absolute atomic E-state index is 1.01. The summed E-state index contributed by atoms with van der Waals surface area (Å²) < 4.78 is 0. The quantitative estimate of drug-likeness (QED) is 0.0865. The van der Waals surface area contributed by atoms with Crippen LogP contribution in [0.4, 0.5) is 22.7 Å². The Hall–Kier alpha value is -4.00. The maximum absolute atomic E-state index is 5.44. The number of fused-ring (bicyclic) bond motifs is 4. The Labute approximate surface area is 319 Å². The number of anilines is 2. The summed E-state index contributed by atoms with van der Waals surface area (Å²) in [5, 5.41) is 9.42. The third kappa shape index (κ3) is 8.61. The van der Waals surface area contributed by atoms with E-state index in [1.54, 1.807) is 0 Å². The molecule has 2 heterocycles. The first kappa shape index (κ1) is 36.4. The molecule has 0 saturated carbocycles. The Balaban J connectivity index is 1.25. The van der Waals surface area contributed by atoms with E-state index < -0.39 is 0 Å². The highest BCUT2D eigenvalue weighted by atomic mass is 32.2. The van der Waals surface area contributed by atoms with Gasteiger partial charge < -0.3 is 10.6 Å². The number of hydrogen-bond acceptors (Lipinski definition) is 6. The standard InChI is InChI=1S/C46H52N4S2/c1-3-5-7-9-11-17-31-47-35-27-23-33(24-28-35)41-43-46(52-40-22-16-13-19-37(40)49-43)42(44-45(41)51-39-21-15-14-20-38(39)50-44)34-25-29-36(30-26-34)48-32-18-12-10-8-6-4-2/h13-16,19-30,47-48H,3-12,17-18,31-32H2,1-2H3. The van der Waals surface area contributed by atoms with Crippen molar-refractivity contribution >= 4 is 46.3 Å². The molecule has 0 aliphatic carbocycles. The summed E-state index contributed by atoms with van der Waals surface area (Å²) in [6.45, 7) is 6.56. The molecule has 2 aliphatic heterocycles. The summed E-state index contributed by atoms with van der Waals surface area (Å²) >= 11 is 3.66. The molecule has 268 valence electrons. The van der Waals surface area contributed by atoms with Crippen molar-refractivity contribution in [2.45, 2.75) is 110 Å². The number of para-hydroxylation sites is 2. The molecule has 0 aromatic heterocycles. The van der Waals surface area contributed by atoms with Crippen LogP contribution in [0.15, 0.2) is 127 Å². The van der Waals surface area contributed by atoms with Gasteiger partial charge in [-0.3, -0.25) is 0 Å². The van der Waals surface area contributed by atoms with Gasteiger partial charge in [0.2, 0.25) is 0 Å². The molecule has 2 aliphatic rings. The van der Waals surface area contributed by atoms with Crippen LogP contribution in [0.3, 0.4) is 0 Å². The molecule has 0 saturated heterocycles. The van der Waals surface area contributed by atoms with E-state index in [1.807, 2.05) is 23.5 Å². The zero-order valence-corrected chi connectivity index (χ0v) is 32.5. The fraction of sp³-hybridized carbons (Fsp3) is 0.348. The van der Waals surface area contributed by atoms with Crippen LogP contribution in [-0.4, -0.2) is 13.1 Å². The van der Waals surface area contributed by atoms with Crippen molar-refractivity contribution in [1.29, 1.82) is 0 Å². The second-order valence-corrected chi connectivity index (χ2v) is 16.1. The monoisotopic (exact) mass is 724 g/mol. The number of nitrogens with zero attached hydrogens (tertiary/aromatic N) is 2. The number of rotatable bonds is 18. The van der Waals surface area contributed by atoms with E-state index in [1.165, 1.54) is 130 Å². The summed E-state index contributed by atoms with van der Waals surface area (Å²) in [6.07, 6.45) is 15.6. The van der Waals surface area contributed by atoms with E-state index in [0.717, 1.165) is 35.2 Å². The Kier molecular flexibility index (Phi) is 12.7. The molecule has 2 N–H and O–H groups in total. The van der Waals surface area contributed by atoms with Crippen molar-refractivity contribution in [1.82, 2.24) is 0 Å². The minimum Gasteiger partial charge on any atom is -0.385 e. The SMILES string of the molecule is CCCCCCCCNc1ccc(-c2c3c(c(-c4ccc(NCCCCCCCC)cc4)c4c2=Nc2ccccc2S4)=Nc2ccccc2S3)cc1. The lowest BCUT2D eigenvalue weighted by Crippen LogP contribution is -2.25. The highest BCUT2D eigenvalue weighted by molar-refractivity contribution is 8.00. The van der Waals surface area contributed by atoms with Crippen molar-refractivity contribution in [3.63, 3.8) is 0 Å². The van der Waals surface area contributed by atoms with Crippen molar-refractivity contribution in [3.8, 4) is 22.3 Å². The van der Waals surface area contributed by atoms with E-state index in [9.17, 15) is 0 Å². The zero-order chi connectivity index (χ0) is 35.5. The highest BCUT2D eigenvalue weighted by Gasteiger charge is 2.28. The Morgan fingerprint density at radius 2 is 0.827 bits per heavy atom.